The molecule has 6 heteroatoms. The van der Waals surface area contributed by atoms with Gasteiger partial charge in [-0.15, -0.1) is 0 Å². The Morgan fingerprint density at radius 1 is 1.13 bits per heavy atom. The molecular formula is C17H21ClN4O. The van der Waals surface area contributed by atoms with E-state index < -0.39 is 5.60 Å². The van der Waals surface area contributed by atoms with E-state index in [9.17, 15) is 5.11 Å². The lowest BCUT2D eigenvalue weighted by Gasteiger charge is -2.38. The number of nitrogens with zero attached hydrogens (tertiary/aromatic N) is 4. The molecular weight excluding hydrogens is 312 g/mol. The Balaban J connectivity index is 1.73. The Labute approximate surface area is 141 Å². The number of hydrogen-bond donors (Lipinski definition) is 1. The molecule has 0 spiro atoms. The number of benzene rings is 1. The minimum atomic E-state index is -0.805. The normalized spacial score (nSPS) is 17.1. The second-order valence-electron chi connectivity index (χ2n) is 6.13. The third-order valence-corrected chi connectivity index (χ3v) is 4.59. The highest BCUT2D eigenvalue weighted by molar-refractivity contribution is 6.30. The number of rotatable bonds is 3. The molecule has 1 saturated heterocycles. The Bertz CT molecular complexity index is 667. The standard InChI is InChI=1S/C17H21ClN4O/c1-21(2)15-7-10-19-16(20-15)22-11-8-17(23,9-12-22)13-3-5-14(18)6-4-13/h3-7,10,23H,8-9,11-12H2,1-2H3. The minimum absolute atomic E-state index is 0.643. The predicted octanol–water partition coefficient (Wildman–Crippen LogP) is 2.68. The van der Waals surface area contributed by atoms with Crippen LogP contribution in [0.5, 0.6) is 0 Å². The Kier molecular flexibility index (Phi) is 4.41. The Morgan fingerprint density at radius 2 is 1.78 bits per heavy atom. The summed E-state index contributed by atoms with van der Waals surface area (Å²) in [5.74, 6) is 1.60. The molecule has 1 aliphatic rings. The quantitative estimate of drug-likeness (QED) is 0.936. The van der Waals surface area contributed by atoms with Crippen molar-refractivity contribution in [2.75, 3.05) is 37.0 Å². The van der Waals surface area contributed by atoms with Gasteiger partial charge in [0.1, 0.15) is 5.82 Å². The van der Waals surface area contributed by atoms with Crippen molar-refractivity contribution < 1.29 is 5.11 Å². The van der Waals surface area contributed by atoms with E-state index in [0.717, 1.165) is 24.5 Å². The number of piperidine rings is 1. The second kappa shape index (κ2) is 6.34. The van der Waals surface area contributed by atoms with Crippen LogP contribution < -0.4 is 9.80 Å². The number of aromatic nitrogens is 2. The van der Waals surface area contributed by atoms with E-state index in [2.05, 4.69) is 14.9 Å². The third kappa shape index (κ3) is 3.41. The highest BCUT2D eigenvalue weighted by atomic mass is 35.5. The molecule has 3 rings (SSSR count). The lowest BCUT2D eigenvalue weighted by atomic mass is 9.84. The van der Waals surface area contributed by atoms with Gasteiger partial charge >= 0.3 is 0 Å². The lowest BCUT2D eigenvalue weighted by Crippen LogP contribution is -2.43. The summed E-state index contributed by atoms with van der Waals surface area (Å²) in [5, 5.41) is 11.6. The van der Waals surface area contributed by atoms with E-state index in [0.29, 0.717) is 23.8 Å². The topological polar surface area (TPSA) is 52.5 Å². The molecule has 0 amide bonds. The van der Waals surface area contributed by atoms with Crippen molar-refractivity contribution in [2.45, 2.75) is 18.4 Å². The van der Waals surface area contributed by atoms with Crippen LogP contribution >= 0.6 is 11.6 Å². The summed E-state index contributed by atoms with van der Waals surface area (Å²) in [5.41, 5.74) is 0.116. The zero-order valence-electron chi connectivity index (χ0n) is 13.4. The summed E-state index contributed by atoms with van der Waals surface area (Å²) in [7, 11) is 3.92. The van der Waals surface area contributed by atoms with E-state index in [-0.39, 0.29) is 0 Å². The van der Waals surface area contributed by atoms with E-state index >= 15 is 0 Å². The maximum Gasteiger partial charge on any atom is 0.227 e. The van der Waals surface area contributed by atoms with Gasteiger partial charge in [-0.05, 0) is 36.6 Å². The van der Waals surface area contributed by atoms with E-state index in [1.54, 1.807) is 6.20 Å². The number of halogens is 1. The third-order valence-electron chi connectivity index (χ3n) is 4.34. The molecule has 2 heterocycles. The largest absolute Gasteiger partial charge is 0.385 e. The van der Waals surface area contributed by atoms with Gasteiger partial charge in [0.15, 0.2) is 0 Å². The van der Waals surface area contributed by atoms with E-state index in [4.69, 9.17) is 11.6 Å². The zero-order chi connectivity index (χ0) is 16.4. The molecule has 0 bridgehead atoms. The van der Waals surface area contributed by atoms with Gasteiger partial charge in [0.05, 0.1) is 5.60 Å². The van der Waals surface area contributed by atoms with Crippen molar-refractivity contribution in [3.8, 4) is 0 Å². The first-order chi connectivity index (χ1) is 11.0. The van der Waals surface area contributed by atoms with Crippen LogP contribution in [-0.2, 0) is 5.60 Å². The predicted molar refractivity (Wildman–Crippen MR) is 93.2 cm³/mol. The highest BCUT2D eigenvalue weighted by Crippen LogP contribution is 2.34. The van der Waals surface area contributed by atoms with Crippen LogP contribution in [0.2, 0.25) is 5.02 Å². The molecule has 1 aromatic carbocycles. The van der Waals surface area contributed by atoms with E-state index in [1.165, 1.54) is 0 Å². The first-order valence-corrected chi connectivity index (χ1v) is 8.09. The lowest BCUT2D eigenvalue weighted by molar-refractivity contribution is 0.0115. The van der Waals surface area contributed by atoms with Gasteiger partial charge in [0, 0.05) is 38.4 Å². The van der Waals surface area contributed by atoms with Gasteiger partial charge in [-0.2, -0.15) is 4.98 Å². The van der Waals surface area contributed by atoms with Crippen LogP contribution in [0.15, 0.2) is 36.5 Å². The number of anilines is 2. The average molecular weight is 333 g/mol. The Morgan fingerprint density at radius 3 is 2.39 bits per heavy atom. The second-order valence-corrected chi connectivity index (χ2v) is 6.57. The molecule has 1 fully saturated rings. The first kappa shape index (κ1) is 16.0. The number of hydrogen-bond acceptors (Lipinski definition) is 5. The van der Waals surface area contributed by atoms with Crippen LogP contribution in [0.3, 0.4) is 0 Å². The van der Waals surface area contributed by atoms with Crippen molar-refractivity contribution in [1.29, 1.82) is 0 Å². The van der Waals surface area contributed by atoms with Crippen molar-refractivity contribution in [3.63, 3.8) is 0 Å². The molecule has 0 saturated carbocycles. The van der Waals surface area contributed by atoms with Gasteiger partial charge in [-0.25, -0.2) is 4.98 Å². The fourth-order valence-electron chi connectivity index (χ4n) is 2.87. The minimum Gasteiger partial charge on any atom is -0.385 e. The molecule has 23 heavy (non-hydrogen) atoms. The summed E-state index contributed by atoms with van der Waals surface area (Å²) in [6.45, 7) is 1.44. The monoisotopic (exact) mass is 332 g/mol. The maximum atomic E-state index is 10.9. The average Bonchev–Trinajstić information content (AvgIpc) is 2.56. The summed E-state index contributed by atoms with van der Waals surface area (Å²) in [6, 6.07) is 9.34. The van der Waals surface area contributed by atoms with Crippen LogP contribution in [0.25, 0.3) is 0 Å². The Hall–Kier alpha value is -1.85. The molecule has 1 aliphatic heterocycles. The van der Waals surface area contributed by atoms with Gasteiger partial charge in [0.2, 0.25) is 5.95 Å². The summed E-state index contributed by atoms with van der Waals surface area (Å²) in [4.78, 5) is 13.0. The van der Waals surface area contributed by atoms with Crippen molar-refractivity contribution >= 4 is 23.4 Å². The molecule has 5 nitrogen and oxygen atoms in total. The summed E-state index contributed by atoms with van der Waals surface area (Å²) in [6.07, 6.45) is 3.06. The molecule has 2 aromatic rings. The van der Waals surface area contributed by atoms with Gasteiger partial charge in [-0.1, -0.05) is 23.7 Å². The van der Waals surface area contributed by atoms with Gasteiger partial charge in [0.25, 0.3) is 0 Å². The summed E-state index contributed by atoms with van der Waals surface area (Å²) >= 11 is 5.93. The maximum absolute atomic E-state index is 10.9. The van der Waals surface area contributed by atoms with Gasteiger partial charge in [-0.3, -0.25) is 0 Å². The van der Waals surface area contributed by atoms with Crippen LogP contribution in [0, 0.1) is 0 Å². The molecule has 0 unspecified atom stereocenters. The molecule has 122 valence electrons. The van der Waals surface area contributed by atoms with Crippen LogP contribution in [0.4, 0.5) is 11.8 Å². The fraction of sp³-hybridized carbons (Fsp3) is 0.412. The van der Waals surface area contributed by atoms with Gasteiger partial charge < -0.3 is 14.9 Å². The fourth-order valence-corrected chi connectivity index (χ4v) is 2.99. The van der Waals surface area contributed by atoms with Crippen LogP contribution in [-0.4, -0.2) is 42.3 Å². The van der Waals surface area contributed by atoms with Crippen molar-refractivity contribution in [3.05, 3.63) is 47.1 Å². The molecule has 1 N–H and O–H groups in total. The molecule has 0 atom stereocenters. The van der Waals surface area contributed by atoms with E-state index in [1.807, 2.05) is 49.3 Å². The smallest absolute Gasteiger partial charge is 0.227 e. The summed E-state index contributed by atoms with van der Waals surface area (Å²) < 4.78 is 0. The molecule has 0 radical (unpaired) electrons. The first-order valence-electron chi connectivity index (χ1n) is 7.72. The SMILES string of the molecule is CN(C)c1ccnc(N2CCC(O)(c3ccc(Cl)cc3)CC2)n1. The van der Waals surface area contributed by atoms with Crippen molar-refractivity contribution in [1.82, 2.24) is 9.97 Å². The van der Waals surface area contributed by atoms with Crippen molar-refractivity contribution in [2.24, 2.45) is 0 Å². The van der Waals surface area contributed by atoms with Crippen LogP contribution in [0.1, 0.15) is 18.4 Å². The molecule has 1 aromatic heterocycles. The number of aliphatic hydroxyl groups is 1. The molecule has 0 aliphatic carbocycles. The zero-order valence-corrected chi connectivity index (χ0v) is 14.2. The highest BCUT2D eigenvalue weighted by Gasteiger charge is 2.34.